The summed E-state index contributed by atoms with van der Waals surface area (Å²) in [6, 6.07) is 0. The molecule has 0 aromatic rings. The highest BCUT2D eigenvalue weighted by Gasteiger charge is 2.28. The van der Waals surface area contributed by atoms with Gasteiger partial charge in [0.1, 0.15) is 6.10 Å². The third-order valence-electron chi connectivity index (χ3n) is 6.68. The SMILES string of the molecule is O=C(OC1CCCCC1)C1CCC(C=CCC=CC2CCCCC2)CC1. The van der Waals surface area contributed by atoms with Gasteiger partial charge >= 0.3 is 5.97 Å². The summed E-state index contributed by atoms with van der Waals surface area (Å²) in [5, 5.41) is 0. The van der Waals surface area contributed by atoms with Crippen molar-refractivity contribution in [3.8, 4) is 0 Å². The van der Waals surface area contributed by atoms with Crippen molar-refractivity contribution in [3.05, 3.63) is 24.3 Å². The molecule has 0 atom stereocenters. The Morgan fingerprint density at radius 1 is 0.692 bits per heavy atom. The van der Waals surface area contributed by atoms with Gasteiger partial charge in [-0.2, -0.15) is 0 Å². The zero-order chi connectivity index (χ0) is 18.0. The van der Waals surface area contributed by atoms with Crippen LogP contribution >= 0.6 is 0 Å². The van der Waals surface area contributed by atoms with E-state index in [4.69, 9.17) is 4.74 Å². The lowest BCUT2D eigenvalue weighted by Crippen LogP contribution is -2.28. The van der Waals surface area contributed by atoms with Crippen LogP contribution in [-0.2, 0) is 9.53 Å². The molecule has 0 saturated heterocycles. The van der Waals surface area contributed by atoms with E-state index in [-0.39, 0.29) is 18.0 Å². The normalized spacial score (nSPS) is 29.4. The Bertz CT molecular complexity index is 459. The minimum absolute atomic E-state index is 0.0924. The fraction of sp³-hybridized carbons (Fsp3) is 0.792. The van der Waals surface area contributed by atoms with E-state index < -0.39 is 0 Å². The minimum atomic E-state index is 0.0924. The molecule has 0 N–H and O–H groups in total. The monoisotopic (exact) mass is 358 g/mol. The van der Waals surface area contributed by atoms with Crippen LogP contribution in [-0.4, -0.2) is 12.1 Å². The minimum Gasteiger partial charge on any atom is -0.462 e. The first kappa shape index (κ1) is 19.7. The van der Waals surface area contributed by atoms with Gasteiger partial charge in [-0.25, -0.2) is 0 Å². The van der Waals surface area contributed by atoms with Crippen LogP contribution in [0.5, 0.6) is 0 Å². The van der Waals surface area contributed by atoms with Crippen LogP contribution in [0.15, 0.2) is 24.3 Å². The molecule has 26 heavy (non-hydrogen) atoms. The Hall–Kier alpha value is -1.05. The molecule has 3 saturated carbocycles. The predicted octanol–water partition coefficient (Wildman–Crippen LogP) is 6.75. The molecule has 0 radical (unpaired) electrons. The van der Waals surface area contributed by atoms with E-state index in [9.17, 15) is 4.79 Å². The van der Waals surface area contributed by atoms with E-state index in [1.54, 1.807) is 0 Å². The molecule has 3 fully saturated rings. The van der Waals surface area contributed by atoms with Gasteiger partial charge in [0.05, 0.1) is 5.92 Å². The first-order valence-corrected chi connectivity index (χ1v) is 11.3. The molecule has 0 bridgehead atoms. The van der Waals surface area contributed by atoms with Gasteiger partial charge in [-0.05, 0) is 82.5 Å². The number of hydrogen-bond donors (Lipinski definition) is 0. The van der Waals surface area contributed by atoms with Gasteiger partial charge in [0.15, 0.2) is 0 Å². The Balaban J connectivity index is 1.30. The summed E-state index contributed by atoms with van der Waals surface area (Å²) in [5.74, 6) is 1.75. The number of hydrogen-bond acceptors (Lipinski definition) is 2. The fourth-order valence-electron chi connectivity index (χ4n) is 4.94. The summed E-state index contributed by atoms with van der Waals surface area (Å²) in [5.41, 5.74) is 0. The van der Waals surface area contributed by atoms with Crippen LogP contribution in [0.2, 0.25) is 0 Å². The lowest BCUT2D eigenvalue weighted by Gasteiger charge is -2.28. The lowest BCUT2D eigenvalue weighted by atomic mass is 9.81. The summed E-state index contributed by atoms with van der Waals surface area (Å²) in [6.45, 7) is 0. The largest absolute Gasteiger partial charge is 0.462 e. The van der Waals surface area contributed by atoms with Crippen molar-refractivity contribution in [1.29, 1.82) is 0 Å². The maximum atomic E-state index is 12.4. The molecule has 0 amide bonds. The highest BCUT2D eigenvalue weighted by Crippen LogP contribution is 2.32. The van der Waals surface area contributed by atoms with Crippen molar-refractivity contribution in [1.82, 2.24) is 0 Å². The number of carbonyl (C=O) groups is 1. The quantitative estimate of drug-likeness (QED) is 0.387. The van der Waals surface area contributed by atoms with E-state index >= 15 is 0 Å². The zero-order valence-electron chi connectivity index (χ0n) is 16.5. The maximum absolute atomic E-state index is 12.4. The highest BCUT2D eigenvalue weighted by atomic mass is 16.5. The van der Waals surface area contributed by atoms with Gasteiger partial charge in [0, 0.05) is 0 Å². The molecule has 146 valence electrons. The van der Waals surface area contributed by atoms with Gasteiger partial charge in [0.25, 0.3) is 0 Å². The van der Waals surface area contributed by atoms with Gasteiger partial charge in [-0.3, -0.25) is 4.79 Å². The lowest BCUT2D eigenvalue weighted by molar-refractivity contribution is -0.156. The topological polar surface area (TPSA) is 26.3 Å². The van der Waals surface area contributed by atoms with Crippen molar-refractivity contribution in [2.75, 3.05) is 0 Å². The Morgan fingerprint density at radius 2 is 1.23 bits per heavy atom. The molecule has 0 unspecified atom stereocenters. The smallest absolute Gasteiger partial charge is 0.309 e. The number of allylic oxidation sites excluding steroid dienone is 4. The van der Waals surface area contributed by atoms with Crippen molar-refractivity contribution in [3.63, 3.8) is 0 Å². The third-order valence-corrected chi connectivity index (χ3v) is 6.68. The Kier molecular flexibility index (Phi) is 8.29. The van der Waals surface area contributed by atoms with Crippen LogP contribution in [0.1, 0.15) is 96.3 Å². The average Bonchev–Trinajstić information content (AvgIpc) is 2.70. The third kappa shape index (κ3) is 6.59. The van der Waals surface area contributed by atoms with E-state index in [0.29, 0.717) is 5.92 Å². The summed E-state index contributed by atoms with van der Waals surface area (Å²) in [7, 11) is 0. The molecule has 3 aliphatic carbocycles. The van der Waals surface area contributed by atoms with Crippen LogP contribution < -0.4 is 0 Å². The fourth-order valence-corrected chi connectivity index (χ4v) is 4.94. The molecule has 3 rings (SSSR count). The molecule has 2 heteroatoms. The predicted molar refractivity (Wildman–Crippen MR) is 108 cm³/mol. The Labute approximate surface area is 160 Å². The second-order valence-corrected chi connectivity index (χ2v) is 8.80. The van der Waals surface area contributed by atoms with E-state index in [2.05, 4.69) is 24.3 Å². The molecule has 0 heterocycles. The number of carbonyl (C=O) groups excluding carboxylic acids is 1. The van der Waals surface area contributed by atoms with Crippen molar-refractivity contribution >= 4 is 5.97 Å². The van der Waals surface area contributed by atoms with E-state index in [1.807, 2.05) is 0 Å². The molecule has 0 aromatic carbocycles. The molecule has 3 aliphatic rings. The number of rotatable bonds is 6. The van der Waals surface area contributed by atoms with E-state index in [1.165, 1.54) is 51.4 Å². The van der Waals surface area contributed by atoms with Crippen LogP contribution in [0.4, 0.5) is 0 Å². The van der Waals surface area contributed by atoms with Crippen molar-refractivity contribution < 1.29 is 9.53 Å². The molecular formula is C24H38O2. The molecular weight excluding hydrogens is 320 g/mol. The average molecular weight is 359 g/mol. The first-order valence-electron chi connectivity index (χ1n) is 11.3. The van der Waals surface area contributed by atoms with Crippen LogP contribution in [0, 0.1) is 17.8 Å². The summed E-state index contributed by atoms with van der Waals surface area (Å²) >= 11 is 0. The first-order chi connectivity index (χ1) is 12.8. The van der Waals surface area contributed by atoms with Crippen LogP contribution in [0.3, 0.4) is 0 Å². The molecule has 0 aromatic heterocycles. The molecule has 0 spiro atoms. The highest BCUT2D eigenvalue weighted by molar-refractivity contribution is 5.72. The van der Waals surface area contributed by atoms with Crippen LogP contribution in [0.25, 0.3) is 0 Å². The summed E-state index contributed by atoms with van der Waals surface area (Å²) in [4.78, 5) is 12.4. The summed E-state index contributed by atoms with van der Waals surface area (Å²) < 4.78 is 5.77. The summed E-state index contributed by atoms with van der Waals surface area (Å²) in [6.07, 6.45) is 28.1. The standard InChI is InChI=1S/C24H38O2/c25-24(26-23-14-8-3-9-15-23)22-18-16-21(17-19-22)13-7-2-6-12-20-10-4-1-5-11-20/h6-7,12-13,20-23H,1-5,8-11,14-19H2. The maximum Gasteiger partial charge on any atom is 0.309 e. The van der Waals surface area contributed by atoms with Crippen molar-refractivity contribution in [2.45, 2.75) is 102 Å². The molecule has 0 aliphatic heterocycles. The van der Waals surface area contributed by atoms with Gasteiger partial charge in [-0.15, -0.1) is 0 Å². The second kappa shape index (κ2) is 10.9. The van der Waals surface area contributed by atoms with Gasteiger partial charge in [-0.1, -0.05) is 50.0 Å². The van der Waals surface area contributed by atoms with Crippen molar-refractivity contribution in [2.24, 2.45) is 17.8 Å². The van der Waals surface area contributed by atoms with E-state index in [0.717, 1.165) is 50.9 Å². The van der Waals surface area contributed by atoms with Gasteiger partial charge < -0.3 is 4.74 Å². The molecule has 2 nitrogen and oxygen atoms in total. The second-order valence-electron chi connectivity index (χ2n) is 8.80. The number of ether oxygens (including phenoxy) is 1. The zero-order valence-corrected chi connectivity index (χ0v) is 16.5. The Morgan fingerprint density at radius 3 is 1.85 bits per heavy atom. The van der Waals surface area contributed by atoms with Gasteiger partial charge in [0.2, 0.25) is 0 Å². The number of esters is 1.